The van der Waals surface area contributed by atoms with Gasteiger partial charge < -0.3 is 10.2 Å². The van der Waals surface area contributed by atoms with Gasteiger partial charge in [0.05, 0.1) is 0 Å². The quantitative estimate of drug-likeness (QED) is 0.921. The molecule has 1 aromatic rings. The van der Waals surface area contributed by atoms with E-state index in [-0.39, 0.29) is 0 Å². The summed E-state index contributed by atoms with van der Waals surface area (Å²) in [6, 6.07) is 10.4. The highest BCUT2D eigenvalue weighted by Crippen LogP contribution is 2.27. The van der Waals surface area contributed by atoms with Crippen molar-refractivity contribution in [3.63, 3.8) is 0 Å². The van der Waals surface area contributed by atoms with Crippen LogP contribution in [-0.4, -0.2) is 55.1 Å². The van der Waals surface area contributed by atoms with Crippen molar-refractivity contribution < 1.29 is 0 Å². The average molecular weight is 316 g/mol. The Morgan fingerprint density at radius 2 is 1.78 bits per heavy atom. The van der Waals surface area contributed by atoms with Gasteiger partial charge in [0.15, 0.2) is 0 Å². The van der Waals surface area contributed by atoms with Crippen LogP contribution in [-0.2, 0) is 0 Å². The van der Waals surface area contributed by atoms with Crippen molar-refractivity contribution in [1.82, 2.24) is 15.1 Å². The van der Waals surface area contributed by atoms with Crippen LogP contribution in [0.2, 0.25) is 0 Å². The van der Waals surface area contributed by atoms with Crippen molar-refractivity contribution in [2.45, 2.75) is 45.7 Å². The van der Waals surface area contributed by atoms with Crippen LogP contribution in [0.5, 0.6) is 0 Å². The Labute approximate surface area is 142 Å². The number of nitrogens with one attached hydrogen (secondary N) is 1. The van der Waals surface area contributed by atoms with Crippen molar-refractivity contribution in [3.8, 4) is 0 Å². The van der Waals surface area contributed by atoms with E-state index in [1.54, 1.807) is 0 Å². The highest BCUT2D eigenvalue weighted by atomic mass is 15.3. The third kappa shape index (κ3) is 4.34. The van der Waals surface area contributed by atoms with Gasteiger partial charge in [0.2, 0.25) is 0 Å². The van der Waals surface area contributed by atoms with E-state index in [1.807, 2.05) is 0 Å². The fourth-order valence-electron chi connectivity index (χ4n) is 4.00. The minimum atomic E-state index is 0.529. The second kappa shape index (κ2) is 7.78. The Bertz CT molecular complexity index is 476. The van der Waals surface area contributed by atoms with Gasteiger partial charge in [-0.25, -0.2) is 0 Å². The average Bonchev–Trinajstić information content (AvgIpc) is 2.56. The highest BCUT2D eigenvalue weighted by Gasteiger charge is 2.29. The third-order valence-corrected chi connectivity index (χ3v) is 5.72. The maximum atomic E-state index is 3.53. The van der Waals surface area contributed by atoms with E-state index in [4.69, 9.17) is 0 Å². The number of aryl methyl sites for hydroxylation is 1. The van der Waals surface area contributed by atoms with Crippen LogP contribution in [0.1, 0.15) is 43.9 Å². The molecule has 3 rings (SSSR count). The second-order valence-electron chi connectivity index (χ2n) is 7.70. The molecule has 0 aromatic heterocycles. The molecule has 0 aliphatic carbocycles. The van der Waals surface area contributed by atoms with Gasteiger partial charge in [-0.2, -0.15) is 0 Å². The summed E-state index contributed by atoms with van der Waals surface area (Å²) in [6.07, 6.45) is 2.72. The minimum Gasteiger partial charge on any atom is -0.314 e. The van der Waals surface area contributed by atoms with Crippen LogP contribution in [0.25, 0.3) is 0 Å². The Kier molecular flexibility index (Phi) is 5.73. The molecule has 2 unspecified atom stereocenters. The van der Waals surface area contributed by atoms with Gasteiger partial charge in [-0.05, 0) is 51.3 Å². The highest BCUT2D eigenvalue weighted by molar-refractivity contribution is 5.25. The lowest BCUT2D eigenvalue weighted by Gasteiger charge is -2.43. The first-order chi connectivity index (χ1) is 11.1. The Morgan fingerprint density at radius 3 is 2.43 bits per heavy atom. The lowest BCUT2D eigenvalue weighted by atomic mass is 9.96. The van der Waals surface area contributed by atoms with Gasteiger partial charge >= 0.3 is 0 Å². The van der Waals surface area contributed by atoms with Gasteiger partial charge in [-0.1, -0.05) is 36.8 Å². The summed E-state index contributed by atoms with van der Waals surface area (Å²) in [5.41, 5.74) is 2.84. The monoisotopic (exact) mass is 315 g/mol. The van der Waals surface area contributed by atoms with E-state index in [1.165, 1.54) is 43.6 Å². The first-order valence-electron chi connectivity index (χ1n) is 9.39. The molecule has 1 N–H and O–H groups in total. The lowest BCUT2D eigenvalue weighted by Crippen LogP contribution is -2.53. The number of likely N-dealkylation sites (tertiary alicyclic amines) is 1. The topological polar surface area (TPSA) is 18.5 Å². The summed E-state index contributed by atoms with van der Waals surface area (Å²) in [5.74, 6) is 0.905. The van der Waals surface area contributed by atoms with Crippen LogP contribution in [0.3, 0.4) is 0 Å². The molecule has 2 fully saturated rings. The SMILES string of the molecule is Cc1ccc(C(CN2CCC(C)CC2)N2CCNCC2C)cc1. The molecule has 2 aliphatic rings. The number of benzene rings is 1. The molecule has 2 aliphatic heterocycles. The molecular weight excluding hydrogens is 282 g/mol. The van der Waals surface area contributed by atoms with E-state index in [0.717, 1.165) is 25.6 Å². The van der Waals surface area contributed by atoms with Crippen molar-refractivity contribution in [3.05, 3.63) is 35.4 Å². The van der Waals surface area contributed by atoms with E-state index >= 15 is 0 Å². The van der Waals surface area contributed by atoms with Crippen LogP contribution in [0, 0.1) is 12.8 Å². The Hall–Kier alpha value is -0.900. The van der Waals surface area contributed by atoms with Crippen LogP contribution in [0.4, 0.5) is 0 Å². The van der Waals surface area contributed by atoms with Gasteiger partial charge in [-0.15, -0.1) is 0 Å². The second-order valence-corrected chi connectivity index (χ2v) is 7.70. The predicted molar refractivity (Wildman–Crippen MR) is 97.8 cm³/mol. The Balaban J connectivity index is 1.76. The first kappa shape index (κ1) is 16.9. The number of piperidine rings is 1. The standard InChI is InChI=1S/C20H33N3/c1-16-4-6-19(7-5-16)20(23-13-10-21-14-18(23)3)15-22-11-8-17(2)9-12-22/h4-7,17-18,20-21H,8-15H2,1-3H3. The molecule has 23 heavy (non-hydrogen) atoms. The third-order valence-electron chi connectivity index (χ3n) is 5.72. The maximum Gasteiger partial charge on any atom is 0.0479 e. The van der Waals surface area contributed by atoms with Gasteiger partial charge in [0.25, 0.3) is 0 Å². The molecule has 0 bridgehead atoms. The molecule has 0 spiro atoms. The fraction of sp³-hybridized carbons (Fsp3) is 0.700. The summed E-state index contributed by atoms with van der Waals surface area (Å²) in [6.45, 7) is 14.0. The first-order valence-corrected chi connectivity index (χ1v) is 9.39. The smallest absolute Gasteiger partial charge is 0.0479 e. The zero-order valence-electron chi connectivity index (χ0n) is 15.1. The van der Waals surface area contributed by atoms with Crippen molar-refractivity contribution in [1.29, 1.82) is 0 Å². The molecule has 3 heteroatoms. The molecular formula is C20H33N3. The molecule has 0 amide bonds. The maximum absolute atomic E-state index is 3.53. The van der Waals surface area contributed by atoms with E-state index < -0.39 is 0 Å². The molecule has 3 nitrogen and oxygen atoms in total. The summed E-state index contributed by atoms with van der Waals surface area (Å²) in [5, 5.41) is 3.53. The fourth-order valence-corrected chi connectivity index (χ4v) is 4.00. The molecule has 1 aromatic carbocycles. The normalized spacial score (nSPS) is 26.3. The molecule has 0 saturated carbocycles. The molecule has 2 heterocycles. The lowest BCUT2D eigenvalue weighted by molar-refractivity contribution is 0.0725. The summed E-state index contributed by atoms with van der Waals surface area (Å²) in [7, 11) is 0. The summed E-state index contributed by atoms with van der Waals surface area (Å²) in [4.78, 5) is 5.42. The van der Waals surface area contributed by atoms with E-state index in [9.17, 15) is 0 Å². The van der Waals surface area contributed by atoms with Crippen LogP contribution >= 0.6 is 0 Å². The van der Waals surface area contributed by atoms with Gasteiger partial charge in [0.1, 0.15) is 0 Å². The van der Waals surface area contributed by atoms with Crippen molar-refractivity contribution in [2.24, 2.45) is 5.92 Å². The molecule has 128 valence electrons. The van der Waals surface area contributed by atoms with Gasteiger partial charge in [-0.3, -0.25) is 4.90 Å². The number of nitrogens with zero attached hydrogens (tertiary/aromatic N) is 2. The Morgan fingerprint density at radius 1 is 1.09 bits per heavy atom. The molecule has 2 saturated heterocycles. The zero-order chi connectivity index (χ0) is 16.2. The summed E-state index contributed by atoms with van der Waals surface area (Å²) >= 11 is 0. The van der Waals surface area contributed by atoms with Crippen LogP contribution < -0.4 is 5.32 Å². The van der Waals surface area contributed by atoms with E-state index in [2.05, 4.69) is 60.2 Å². The number of rotatable bonds is 4. The molecule has 2 atom stereocenters. The zero-order valence-corrected chi connectivity index (χ0v) is 15.1. The largest absolute Gasteiger partial charge is 0.314 e. The van der Waals surface area contributed by atoms with E-state index in [0.29, 0.717) is 12.1 Å². The van der Waals surface area contributed by atoms with Crippen molar-refractivity contribution in [2.75, 3.05) is 39.3 Å². The summed E-state index contributed by atoms with van der Waals surface area (Å²) < 4.78 is 0. The van der Waals surface area contributed by atoms with Gasteiger partial charge in [0, 0.05) is 38.3 Å². The number of hydrogen-bond acceptors (Lipinski definition) is 3. The number of piperazine rings is 1. The van der Waals surface area contributed by atoms with Crippen molar-refractivity contribution >= 4 is 0 Å². The molecule has 0 radical (unpaired) electrons. The predicted octanol–water partition coefficient (Wildman–Crippen LogP) is 3.06. The minimum absolute atomic E-state index is 0.529. The van der Waals surface area contributed by atoms with Crippen LogP contribution in [0.15, 0.2) is 24.3 Å². The number of hydrogen-bond donors (Lipinski definition) is 1.